The first-order valence-corrected chi connectivity index (χ1v) is 7.45. The molecule has 0 unspecified atom stereocenters. The van der Waals surface area contributed by atoms with Crippen LogP contribution in [-0.2, 0) is 6.54 Å². The van der Waals surface area contributed by atoms with Crippen molar-refractivity contribution >= 4 is 16.5 Å². The van der Waals surface area contributed by atoms with Gasteiger partial charge in [-0.3, -0.25) is 0 Å². The molecule has 0 aliphatic carbocycles. The van der Waals surface area contributed by atoms with E-state index in [1.54, 1.807) is 0 Å². The van der Waals surface area contributed by atoms with Crippen LogP contribution in [0.1, 0.15) is 23.4 Å². The Balaban J connectivity index is 1.99. The average Bonchev–Trinajstić information content (AvgIpc) is 2.72. The summed E-state index contributed by atoms with van der Waals surface area (Å²) in [5.41, 5.74) is 1.18. The Morgan fingerprint density at radius 3 is 2.61 bits per heavy atom. The van der Waals surface area contributed by atoms with Gasteiger partial charge in [-0.1, -0.05) is 0 Å². The number of hydrogen-bond acceptors (Lipinski definition) is 5. The van der Waals surface area contributed by atoms with E-state index in [-0.39, 0.29) is 0 Å². The van der Waals surface area contributed by atoms with Crippen molar-refractivity contribution in [3.8, 4) is 0 Å². The topological polar surface area (TPSA) is 31.4 Å². The first-order valence-electron chi connectivity index (χ1n) is 6.64. The molecular weight excluding hydrogens is 244 g/mol. The van der Waals surface area contributed by atoms with Crippen LogP contribution in [0, 0.1) is 6.92 Å². The molecule has 1 aromatic heterocycles. The molecule has 5 heteroatoms. The smallest absolute Gasteiger partial charge is 0.185 e. The van der Waals surface area contributed by atoms with E-state index >= 15 is 0 Å². The molecule has 1 aliphatic heterocycles. The molecule has 1 aliphatic rings. The number of anilines is 1. The molecule has 0 saturated carbocycles. The minimum Gasteiger partial charge on any atom is -0.348 e. The van der Waals surface area contributed by atoms with Crippen LogP contribution in [0.2, 0.25) is 0 Å². The van der Waals surface area contributed by atoms with Crippen LogP contribution >= 0.6 is 11.3 Å². The predicted molar refractivity (Wildman–Crippen MR) is 78.5 cm³/mol. The number of nitrogens with zero attached hydrogens (tertiary/aromatic N) is 3. The summed E-state index contributed by atoms with van der Waals surface area (Å²) >= 11 is 1.84. The number of rotatable bonds is 4. The fraction of sp³-hybridized carbons (Fsp3) is 0.769. The molecule has 2 rings (SSSR count). The van der Waals surface area contributed by atoms with E-state index in [9.17, 15) is 0 Å². The van der Waals surface area contributed by atoms with Gasteiger partial charge in [0.1, 0.15) is 0 Å². The summed E-state index contributed by atoms with van der Waals surface area (Å²) in [6.07, 6.45) is 2.49. The van der Waals surface area contributed by atoms with Crippen LogP contribution in [0.5, 0.6) is 0 Å². The van der Waals surface area contributed by atoms with Crippen LogP contribution in [0.4, 0.5) is 5.13 Å². The quantitative estimate of drug-likeness (QED) is 0.901. The summed E-state index contributed by atoms with van der Waals surface area (Å²) in [6, 6.07) is 0.735. The predicted octanol–water partition coefficient (Wildman–Crippen LogP) is 1.70. The highest BCUT2D eigenvalue weighted by molar-refractivity contribution is 7.15. The monoisotopic (exact) mass is 268 g/mol. The molecule has 1 N–H and O–H groups in total. The van der Waals surface area contributed by atoms with Crippen molar-refractivity contribution in [2.24, 2.45) is 0 Å². The maximum Gasteiger partial charge on any atom is 0.185 e. The fourth-order valence-electron chi connectivity index (χ4n) is 2.45. The zero-order valence-electron chi connectivity index (χ0n) is 11.9. The third kappa shape index (κ3) is 3.02. The summed E-state index contributed by atoms with van der Waals surface area (Å²) in [4.78, 5) is 10.9. The summed E-state index contributed by atoms with van der Waals surface area (Å²) in [6.45, 7) is 5.31. The lowest BCUT2D eigenvalue weighted by Crippen LogP contribution is -2.41. The summed E-state index contributed by atoms with van der Waals surface area (Å²) < 4.78 is 0. The largest absolute Gasteiger partial charge is 0.348 e. The van der Waals surface area contributed by atoms with Crippen molar-refractivity contribution in [1.29, 1.82) is 0 Å². The molecule has 4 nitrogen and oxygen atoms in total. The molecule has 1 fully saturated rings. The lowest BCUT2D eigenvalue weighted by atomic mass is 10.0. The van der Waals surface area contributed by atoms with E-state index in [1.165, 1.54) is 28.5 Å². The number of piperidine rings is 1. The van der Waals surface area contributed by atoms with E-state index in [0.717, 1.165) is 25.7 Å². The van der Waals surface area contributed by atoms with Crippen LogP contribution in [0.25, 0.3) is 0 Å². The lowest BCUT2D eigenvalue weighted by molar-refractivity contribution is 0.249. The lowest BCUT2D eigenvalue weighted by Gasteiger charge is -2.35. The number of thiazole rings is 1. The molecule has 0 bridgehead atoms. The van der Waals surface area contributed by atoms with Crippen molar-refractivity contribution in [1.82, 2.24) is 15.2 Å². The van der Waals surface area contributed by atoms with Gasteiger partial charge in [-0.05, 0) is 40.9 Å². The van der Waals surface area contributed by atoms with Gasteiger partial charge in [-0.2, -0.15) is 0 Å². The second-order valence-corrected chi connectivity index (χ2v) is 6.28. The highest BCUT2D eigenvalue weighted by Crippen LogP contribution is 2.28. The van der Waals surface area contributed by atoms with Gasteiger partial charge in [0.25, 0.3) is 0 Å². The van der Waals surface area contributed by atoms with E-state index in [1.807, 2.05) is 18.4 Å². The molecule has 1 saturated heterocycles. The summed E-state index contributed by atoms with van der Waals surface area (Å²) in [7, 11) is 6.35. The van der Waals surface area contributed by atoms with Crippen molar-refractivity contribution in [2.75, 3.05) is 39.1 Å². The van der Waals surface area contributed by atoms with E-state index < -0.39 is 0 Å². The number of nitrogens with one attached hydrogen (secondary N) is 1. The molecule has 18 heavy (non-hydrogen) atoms. The Hall–Kier alpha value is -0.650. The fourth-order valence-corrected chi connectivity index (χ4v) is 3.57. The highest BCUT2D eigenvalue weighted by Gasteiger charge is 2.22. The molecule has 0 spiro atoms. The zero-order valence-corrected chi connectivity index (χ0v) is 12.7. The van der Waals surface area contributed by atoms with Gasteiger partial charge in [0, 0.05) is 30.6 Å². The van der Waals surface area contributed by atoms with Crippen LogP contribution in [0.15, 0.2) is 0 Å². The van der Waals surface area contributed by atoms with Crippen molar-refractivity contribution in [3.05, 3.63) is 10.6 Å². The molecule has 102 valence electrons. The van der Waals surface area contributed by atoms with Crippen LogP contribution < -0.4 is 10.2 Å². The van der Waals surface area contributed by atoms with Gasteiger partial charge in [-0.15, -0.1) is 11.3 Å². The van der Waals surface area contributed by atoms with Crippen LogP contribution in [0.3, 0.4) is 0 Å². The third-order valence-corrected chi connectivity index (χ3v) is 4.90. The minimum absolute atomic E-state index is 0.735. The first-order chi connectivity index (χ1) is 8.61. The van der Waals surface area contributed by atoms with Gasteiger partial charge in [0.05, 0.1) is 5.69 Å². The van der Waals surface area contributed by atoms with Crippen molar-refractivity contribution < 1.29 is 0 Å². The molecule has 0 amide bonds. The van der Waals surface area contributed by atoms with E-state index in [0.29, 0.717) is 0 Å². The van der Waals surface area contributed by atoms with E-state index in [2.05, 4.69) is 36.1 Å². The molecule has 0 aromatic carbocycles. The molecule has 2 heterocycles. The van der Waals surface area contributed by atoms with Gasteiger partial charge >= 0.3 is 0 Å². The number of aryl methyl sites for hydroxylation is 1. The van der Waals surface area contributed by atoms with Gasteiger partial charge in [0.2, 0.25) is 0 Å². The zero-order chi connectivity index (χ0) is 13.1. The van der Waals surface area contributed by atoms with Gasteiger partial charge in [-0.25, -0.2) is 4.98 Å². The van der Waals surface area contributed by atoms with E-state index in [4.69, 9.17) is 4.98 Å². The second kappa shape index (κ2) is 5.99. The minimum atomic E-state index is 0.735. The molecule has 0 radical (unpaired) electrons. The van der Waals surface area contributed by atoms with Gasteiger partial charge in [0.15, 0.2) is 5.13 Å². The number of hydrogen-bond donors (Lipinski definition) is 1. The SMILES string of the molecule is CNCc1sc(N2CCC(N(C)C)CC2)nc1C. The van der Waals surface area contributed by atoms with Crippen LogP contribution in [-0.4, -0.2) is 50.2 Å². The summed E-state index contributed by atoms with van der Waals surface area (Å²) in [5, 5.41) is 4.41. The van der Waals surface area contributed by atoms with Crippen molar-refractivity contribution in [2.45, 2.75) is 32.4 Å². The Morgan fingerprint density at radius 1 is 1.39 bits per heavy atom. The Labute approximate surface area is 114 Å². The Bertz CT molecular complexity index is 380. The standard InChI is InChI=1S/C13H24N4S/c1-10-12(9-14-2)18-13(15-10)17-7-5-11(6-8-17)16(3)4/h11,14H,5-9H2,1-4H3. The number of aromatic nitrogens is 1. The molecule has 1 aromatic rings. The second-order valence-electron chi connectivity index (χ2n) is 5.22. The Morgan fingerprint density at radius 2 is 2.06 bits per heavy atom. The average molecular weight is 268 g/mol. The summed E-state index contributed by atoms with van der Waals surface area (Å²) in [5.74, 6) is 0. The first kappa shape index (κ1) is 13.8. The maximum absolute atomic E-state index is 4.71. The highest BCUT2D eigenvalue weighted by atomic mass is 32.1. The normalized spacial score (nSPS) is 17.7. The third-order valence-electron chi connectivity index (χ3n) is 3.68. The van der Waals surface area contributed by atoms with Crippen molar-refractivity contribution in [3.63, 3.8) is 0 Å². The molecule has 0 atom stereocenters. The van der Waals surface area contributed by atoms with Gasteiger partial charge < -0.3 is 15.1 Å². The molecular formula is C13H24N4S. The maximum atomic E-state index is 4.71. The Kier molecular flexibility index (Phi) is 4.59.